The van der Waals surface area contributed by atoms with Crippen molar-refractivity contribution < 1.29 is 0 Å². The standard InChI is InChI=1S/C17H35N/c1-4-5-6-7-8-9-16-12-15(14(2)3)10-11-17(16)13-18/h14-17H,4-13,18H2,1-3H3. The highest BCUT2D eigenvalue weighted by Gasteiger charge is 2.30. The lowest BCUT2D eigenvalue weighted by Crippen LogP contribution is -2.32. The van der Waals surface area contributed by atoms with Crippen LogP contribution in [-0.4, -0.2) is 6.54 Å². The molecule has 0 heterocycles. The molecule has 0 aromatic carbocycles. The zero-order valence-electron chi connectivity index (χ0n) is 13.0. The van der Waals surface area contributed by atoms with Crippen molar-refractivity contribution in [1.82, 2.24) is 0 Å². The lowest BCUT2D eigenvalue weighted by Gasteiger charge is -2.37. The highest BCUT2D eigenvalue weighted by atomic mass is 14.6. The van der Waals surface area contributed by atoms with Crippen molar-refractivity contribution in [3.63, 3.8) is 0 Å². The highest BCUT2D eigenvalue weighted by molar-refractivity contribution is 4.82. The topological polar surface area (TPSA) is 26.0 Å². The van der Waals surface area contributed by atoms with Gasteiger partial charge in [0.2, 0.25) is 0 Å². The largest absolute Gasteiger partial charge is 0.330 e. The number of hydrogen-bond donors (Lipinski definition) is 1. The van der Waals surface area contributed by atoms with Crippen LogP contribution in [0.4, 0.5) is 0 Å². The fourth-order valence-electron chi connectivity index (χ4n) is 3.64. The first-order valence-electron chi connectivity index (χ1n) is 8.39. The summed E-state index contributed by atoms with van der Waals surface area (Å²) >= 11 is 0. The van der Waals surface area contributed by atoms with E-state index in [1.165, 1.54) is 57.8 Å². The van der Waals surface area contributed by atoms with Crippen molar-refractivity contribution in [2.45, 2.75) is 78.6 Å². The second-order valence-corrected chi connectivity index (χ2v) is 6.78. The van der Waals surface area contributed by atoms with E-state index in [2.05, 4.69) is 20.8 Å². The number of nitrogens with two attached hydrogens (primary N) is 1. The van der Waals surface area contributed by atoms with Crippen molar-refractivity contribution in [3.05, 3.63) is 0 Å². The monoisotopic (exact) mass is 253 g/mol. The molecule has 0 aromatic heterocycles. The Labute approximate surface area is 115 Å². The molecule has 1 nitrogen and oxygen atoms in total. The molecule has 1 rings (SSSR count). The van der Waals surface area contributed by atoms with Crippen LogP contribution in [-0.2, 0) is 0 Å². The van der Waals surface area contributed by atoms with Crippen molar-refractivity contribution in [1.29, 1.82) is 0 Å². The Bertz CT molecular complexity index is 200. The van der Waals surface area contributed by atoms with E-state index in [0.29, 0.717) is 0 Å². The van der Waals surface area contributed by atoms with Crippen molar-refractivity contribution in [2.75, 3.05) is 6.54 Å². The predicted molar refractivity (Wildman–Crippen MR) is 81.6 cm³/mol. The van der Waals surface area contributed by atoms with Crippen molar-refractivity contribution in [3.8, 4) is 0 Å². The third kappa shape index (κ3) is 5.30. The smallest absolute Gasteiger partial charge is 0.00462 e. The molecule has 1 heteroatoms. The lowest BCUT2D eigenvalue weighted by molar-refractivity contribution is 0.141. The molecule has 18 heavy (non-hydrogen) atoms. The fraction of sp³-hybridized carbons (Fsp3) is 1.00. The molecule has 0 aromatic rings. The summed E-state index contributed by atoms with van der Waals surface area (Å²) in [4.78, 5) is 0. The molecule has 1 fully saturated rings. The molecular weight excluding hydrogens is 218 g/mol. The molecule has 2 N–H and O–H groups in total. The van der Waals surface area contributed by atoms with Gasteiger partial charge in [-0.1, -0.05) is 59.3 Å². The Morgan fingerprint density at radius 2 is 1.72 bits per heavy atom. The molecule has 0 saturated heterocycles. The normalized spacial score (nSPS) is 28.8. The summed E-state index contributed by atoms with van der Waals surface area (Å²) < 4.78 is 0. The minimum atomic E-state index is 0.825. The lowest BCUT2D eigenvalue weighted by atomic mass is 9.69. The maximum atomic E-state index is 5.97. The summed E-state index contributed by atoms with van der Waals surface area (Å²) in [6, 6.07) is 0. The number of unbranched alkanes of at least 4 members (excludes halogenated alkanes) is 4. The predicted octanol–water partition coefficient (Wildman–Crippen LogP) is 4.99. The van der Waals surface area contributed by atoms with Crippen LogP contribution in [0.15, 0.2) is 0 Å². The second kappa shape index (κ2) is 8.96. The number of hydrogen-bond acceptors (Lipinski definition) is 1. The molecular formula is C17H35N. The third-order valence-electron chi connectivity index (χ3n) is 5.10. The average Bonchev–Trinajstić information content (AvgIpc) is 2.38. The van der Waals surface area contributed by atoms with Gasteiger partial charge in [-0.25, -0.2) is 0 Å². The molecule has 3 atom stereocenters. The summed E-state index contributed by atoms with van der Waals surface area (Å²) in [6.07, 6.45) is 12.8. The van der Waals surface area contributed by atoms with Crippen LogP contribution < -0.4 is 5.73 Å². The minimum Gasteiger partial charge on any atom is -0.330 e. The third-order valence-corrected chi connectivity index (χ3v) is 5.10. The maximum Gasteiger partial charge on any atom is -0.00462 e. The van der Waals surface area contributed by atoms with E-state index in [4.69, 9.17) is 5.73 Å². The zero-order chi connectivity index (χ0) is 13.4. The Morgan fingerprint density at radius 1 is 1.00 bits per heavy atom. The molecule has 1 aliphatic carbocycles. The average molecular weight is 253 g/mol. The van der Waals surface area contributed by atoms with Crippen LogP contribution in [0.3, 0.4) is 0 Å². The molecule has 0 amide bonds. The Balaban J connectivity index is 2.29. The molecule has 0 aliphatic heterocycles. The molecule has 1 saturated carbocycles. The van der Waals surface area contributed by atoms with Crippen LogP contribution in [0.1, 0.15) is 78.6 Å². The van der Waals surface area contributed by atoms with Gasteiger partial charge in [0.25, 0.3) is 0 Å². The SMILES string of the molecule is CCCCCCCC1CC(C(C)C)CCC1CN. The quantitative estimate of drug-likeness (QED) is 0.606. The fourth-order valence-corrected chi connectivity index (χ4v) is 3.64. The van der Waals surface area contributed by atoms with Gasteiger partial charge in [-0.3, -0.25) is 0 Å². The van der Waals surface area contributed by atoms with E-state index >= 15 is 0 Å². The van der Waals surface area contributed by atoms with Crippen LogP contribution in [0.25, 0.3) is 0 Å². The van der Waals surface area contributed by atoms with Gasteiger partial charge in [0.1, 0.15) is 0 Å². The van der Waals surface area contributed by atoms with Crippen molar-refractivity contribution in [2.24, 2.45) is 29.4 Å². The first kappa shape index (κ1) is 16.0. The second-order valence-electron chi connectivity index (χ2n) is 6.78. The van der Waals surface area contributed by atoms with Crippen molar-refractivity contribution >= 4 is 0 Å². The molecule has 0 bridgehead atoms. The zero-order valence-corrected chi connectivity index (χ0v) is 13.0. The highest BCUT2D eigenvalue weighted by Crippen LogP contribution is 2.39. The minimum absolute atomic E-state index is 0.825. The van der Waals surface area contributed by atoms with Crippen LogP contribution in [0.2, 0.25) is 0 Å². The Morgan fingerprint density at radius 3 is 2.33 bits per heavy atom. The van der Waals surface area contributed by atoms with Crippen LogP contribution >= 0.6 is 0 Å². The first-order valence-corrected chi connectivity index (χ1v) is 8.39. The van der Waals surface area contributed by atoms with Gasteiger partial charge in [0, 0.05) is 0 Å². The van der Waals surface area contributed by atoms with E-state index in [1.807, 2.05) is 0 Å². The van der Waals surface area contributed by atoms with Crippen LogP contribution in [0, 0.1) is 23.7 Å². The summed E-state index contributed by atoms with van der Waals surface area (Å²) in [7, 11) is 0. The Hall–Kier alpha value is -0.0400. The van der Waals surface area contributed by atoms with E-state index in [9.17, 15) is 0 Å². The summed E-state index contributed by atoms with van der Waals surface area (Å²) in [5, 5.41) is 0. The number of rotatable bonds is 8. The van der Waals surface area contributed by atoms with E-state index in [0.717, 1.165) is 30.2 Å². The van der Waals surface area contributed by atoms with E-state index in [-0.39, 0.29) is 0 Å². The first-order chi connectivity index (χ1) is 8.69. The van der Waals surface area contributed by atoms with Gasteiger partial charge in [0.15, 0.2) is 0 Å². The maximum absolute atomic E-state index is 5.97. The summed E-state index contributed by atoms with van der Waals surface area (Å²) in [6.45, 7) is 8.00. The summed E-state index contributed by atoms with van der Waals surface area (Å²) in [5.41, 5.74) is 5.97. The van der Waals surface area contributed by atoms with Crippen LogP contribution in [0.5, 0.6) is 0 Å². The summed E-state index contributed by atoms with van der Waals surface area (Å²) in [5.74, 6) is 3.59. The van der Waals surface area contributed by atoms with Gasteiger partial charge in [-0.15, -0.1) is 0 Å². The van der Waals surface area contributed by atoms with E-state index in [1.54, 1.807) is 0 Å². The van der Waals surface area contributed by atoms with Gasteiger partial charge < -0.3 is 5.73 Å². The van der Waals surface area contributed by atoms with Gasteiger partial charge in [0.05, 0.1) is 0 Å². The van der Waals surface area contributed by atoms with Gasteiger partial charge in [-0.05, 0) is 49.5 Å². The Kier molecular flexibility index (Phi) is 7.97. The van der Waals surface area contributed by atoms with Gasteiger partial charge >= 0.3 is 0 Å². The molecule has 108 valence electrons. The molecule has 0 spiro atoms. The van der Waals surface area contributed by atoms with Gasteiger partial charge in [-0.2, -0.15) is 0 Å². The van der Waals surface area contributed by atoms with E-state index < -0.39 is 0 Å². The molecule has 1 aliphatic rings. The molecule has 3 unspecified atom stereocenters. The molecule has 0 radical (unpaired) electrons.